The summed E-state index contributed by atoms with van der Waals surface area (Å²) in [4.78, 5) is 28.8. The van der Waals surface area contributed by atoms with Crippen molar-refractivity contribution >= 4 is 5.82 Å². The number of anilines is 1. The van der Waals surface area contributed by atoms with E-state index in [2.05, 4.69) is 9.97 Å². The fraction of sp³-hybridized carbons (Fsp3) is 0.300. The summed E-state index contributed by atoms with van der Waals surface area (Å²) in [5.74, 6) is 1.01. The number of hydrogen-bond donors (Lipinski definition) is 2. The summed E-state index contributed by atoms with van der Waals surface area (Å²) >= 11 is 0. The van der Waals surface area contributed by atoms with Gasteiger partial charge in [0, 0.05) is 38.5 Å². The van der Waals surface area contributed by atoms with E-state index >= 15 is 0 Å². The zero-order valence-corrected chi connectivity index (χ0v) is 9.38. The molecular formula is C10H13N5O2. The van der Waals surface area contributed by atoms with E-state index in [4.69, 9.17) is 5.73 Å². The number of rotatable bonds is 3. The van der Waals surface area contributed by atoms with E-state index in [1.54, 1.807) is 6.20 Å². The molecule has 0 bridgehead atoms. The molecule has 3 N–H and O–H groups in total. The quantitative estimate of drug-likeness (QED) is 0.719. The Bertz CT molecular complexity index is 637. The van der Waals surface area contributed by atoms with E-state index in [1.165, 1.54) is 10.6 Å². The lowest BCUT2D eigenvalue weighted by Crippen LogP contribution is -2.32. The number of aryl methyl sites for hydroxylation is 2. The highest BCUT2D eigenvalue weighted by Gasteiger charge is 2.05. The molecule has 0 fully saturated rings. The van der Waals surface area contributed by atoms with Crippen molar-refractivity contribution in [1.82, 2.24) is 19.1 Å². The third-order valence-electron chi connectivity index (χ3n) is 2.55. The second-order valence-corrected chi connectivity index (χ2v) is 3.72. The van der Waals surface area contributed by atoms with Gasteiger partial charge < -0.3 is 10.3 Å². The van der Waals surface area contributed by atoms with Gasteiger partial charge in [-0.05, 0) is 0 Å². The molecule has 17 heavy (non-hydrogen) atoms. The lowest BCUT2D eigenvalue weighted by Gasteiger charge is -2.07. The molecule has 0 radical (unpaired) electrons. The highest BCUT2D eigenvalue weighted by molar-refractivity contribution is 5.26. The summed E-state index contributed by atoms with van der Waals surface area (Å²) < 4.78 is 3.18. The summed E-state index contributed by atoms with van der Waals surface area (Å²) in [7, 11) is 1.88. The molecule has 0 aromatic carbocycles. The standard InChI is InChI=1S/C10H13N5O2/c1-14-5-3-12-8(14)2-4-15-7(11)6-9(16)13-10(15)17/h3,5-6H,2,4,11H2,1H3,(H,13,16,17). The molecule has 0 unspecified atom stereocenters. The van der Waals surface area contributed by atoms with Gasteiger partial charge in [0.1, 0.15) is 11.6 Å². The molecule has 2 rings (SSSR count). The van der Waals surface area contributed by atoms with Gasteiger partial charge in [0.05, 0.1) is 0 Å². The minimum absolute atomic E-state index is 0.160. The summed E-state index contributed by atoms with van der Waals surface area (Å²) in [6.45, 7) is 0.381. The minimum atomic E-state index is -0.496. The second kappa shape index (κ2) is 4.28. The first-order valence-electron chi connectivity index (χ1n) is 5.14. The van der Waals surface area contributed by atoms with Gasteiger partial charge in [0.2, 0.25) is 0 Å². The average Bonchev–Trinajstić information content (AvgIpc) is 2.62. The molecule has 0 saturated heterocycles. The third kappa shape index (κ3) is 2.27. The van der Waals surface area contributed by atoms with Crippen LogP contribution in [0.4, 0.5) is 5.82 Å². The van der Waals surface area contributed by atoms with Crippen molar-refractivity contribution in [3.8, 4) is 0 Å². The molecule has 0 aliphatic heterocycles. The Kier molecular flexibility index (Phi) is 2.82. The van der Waals surface area contributed by atoms with Crippen LogP contribution in [0.1, 0.15) is 5.82 Å². The maximum Gasteiger partial charge on any atom is 0.329 e. The largest absolute Gasteiger partial charge is 0.385 e. The number of nitrogens with one attached hydrogen (secondary N) is 1. The van der Waals surface area contributed by atoms with Gasteiger partial charge in [0.15, 0.2) is 0 Å². The van der Waals surface area contributed by atoms with Crippen molar-refractivity contribution in [1.29, 1.82) is 0 Å². The van der Waals surface area contributed by atoms with E-state index in [-0.39, 0.29) is 5.82 Å². The molecule has 2 heterocycles. The van der Waals surface area contributed by atoms with Crippen molar-refractivity contribution < 1.29 is 0 Å². The van der Waals surface area contributed by atoms with E-state index in [9.17, 15) is 9.59 Å². The Morgan fingerprint density at radius 2 is 2.24 bits per heavy atom. The van der Waals surface area contributed by atoms with Crippen LogP contribution in [0, 0.1) is 0 Å². The monoisotopic (exact) mass is 235 g/mol. The SMILES string of the molecule is Cn1ccnc1CCn1c(N)cc(=O)[nH]c1=O. The zero-order valence-electron chi connectivity index (χ0n) is 9.38. The normalized spacial score (nSPS) is 10.6. The highest BCUT2D eigenvalue weighted by Crippen LogP contribution is 1.99. The Hall–Kier alpha value is -2.31. The molecule has 7 nitrogen and oxygen atoms in total. The molecule has 7 heteroatoms. The Morgan fingerprint density at radius 3 is 2.82 bits per heavy atom. The zero-order chi connectivity index (χ0) is 12.4. The van der Waals surface area contributed by atoms with Crippen LogP contribution in [0.2, 0.25) is 0 Å². The van der Waals surface area contributed by atoms with E-state index in [1.807, 2.05) is 17.8 Å². The third-order valence-corrected chi connectivity index (χ3v) is 2.55. The fourth-order valence-electron chi connectivity index (χ4n) is 1.62. The molecule has 2 aromatic rings. The van der Waals surface area contributed by atoms with Crippen LogP contribution in [0.15, 0.2) is 28.0 Å². The Morgan fingerprint density at radius 1 is 1.47 bits per heavy atom. The first-order chi connectivity index (χ1) is 8.08. The molecule has 0 aliphatic carbocycles. The molecular weight excluding hydrogens is 222 g/mol. The predicted molar refractivity (Wildman–Crippen MR) is 62.6 cm³/mol. The lowest BCUT2D eigenvalue weighted by molar-refractivity contribution is 0.623. The minimum Gasteiger partial charge on any atom is -0.385 e. The number of imidazole rings is 1. The van der Waals surface area contributed by atoms with Crippen LogP contribution in [0.5, 0.6) is 0 Å². The van der Waals surface area contributed by atoms with E-state index in [0.717, 1.165) is 5.82 Å². The van der Waals surface area contributed by atoms with Gasteiger partial charge in [-0.25, -0.2) is 9.78 Å². The van der Waals surface area contributed by atoms with Crippen LogP contribution in [0.3, 0.4) is 0 Å². The summed E-state index contributed by atoms with van der Waals surface area (Å²) in [6.07, 6.45) is 4.09. The van der Waals surface area contributed by atoms with Crippen molar-refractivity contribution in [3.63, 3.8) is 0 Å². The number of nitrogen functional groups attached to an aromatic ring is 1. The van der Waals surface area contributed by atoms with E-state index < -0.39 is 11.2 Å². The van der Waals surface area contributed by atoms with Gasteiger partial charge >= 0.3 is 5.69 Å². The number of H-pyrrole nitrogens is 1. The number of hydrogen-bond acceptors (Lipinski definition) is 4. The molecule has 0 aliphatic rings. The van der Waals surface area contributed by atoms with Crippen molar-refractivity contribution in [2.24, 2.45) is 7.05 Å². The van der Waals surface area contributed by atoms with E-state index in [0.29, 0.717) is 13.0 Å². The van der Waals surface area contributed by atoms with Crippen molar-refractivity contribution in [3.05, 3.63) is 45.1 Å². The highest BCUT2D eigenvalue weighted by atomic mass is 16.2. The smallest absolute Gasteiger partial charge is 0.329 e. The van der Waals surface area contributed by atoms with Crippen molar-refractivity contribution in [2.75, 3.05) is 5.73 Å². The summed E-state index contributed by atoms with van der Waals surface area (Å²) in [5.41, 5.74) is 4.63. The van der Waals surface area contributed by atoms with Gasteiger partial charge in [-0.2, -0.15) is 0 Å². The lowest BCUT2D eigenvalue weighted by atomic mass is 10.4. The molecule has 0 saturated carbocycles. The molecule has 0 amide bonds. The number of nitrogens with two attached hydrogens (primary N) is 1. The summed E-state index contributed by atoms with van der Waals surface area (Å²) in [5, 5.41) is 0. The van der Waals surface area contributed by atoms with Gasteiger partial charge in [-0.15, -0.1) is 0 Å². The number of aromatic amines is 1. The topological polar surface area (TPSA) is 98.7 Å². The Labute approximate surface area is 96.5 Å². The van der Waals surface area contributed by atoms with Gasteiger partial charge in [-0.3, -0.25) is 14.3 Å². The van der Waals surface area contributed by atoms with Crippen molar-refractivity contribution in [2.45, 2.75) is 13.0 Å². The van der Waals surface area contributed by atoms with Crippen LogP contribution >= 0.6 is 0 Å². The average molecular weight is 235 g/mol. The molecule has 0 atom stereocenters. The van der Waals surface area contributed by atoms with Gasteiger partial charge in [-0.1, -0.05) is 0 Å². The molecule has 0 spiro atoms. The van der Waals surface area contributed by atoms with Gasteiger partial charge in [0.25, 0.3) is 5.56 Å². The van der Waals surface area contributed by atoms with Crippen LogP contribution in [-0.4, -0.2) is 19.1 Å². The first-order valence-corrected chi connectivity index (χ1v) is 5.14. The van der Waals surface area contributed by atoms with Crippen LogP contribution in [-0.2, 0) is 20.0 Å². The molecule has 90 valence electrons. The number of aromatic nitrogens is 4. The second-order valence-electron chi connectivity index (χ2n) is 3.72. The maximum atomic E-state index is 11.5. The van der Waals surface area contributed by atoms with Crippen LogP contribution in [0.25, 0.3) is 0 Å². The number of nitrogens with zero attached hydrogens (tertiary/aromatic N) is 3. The fourth-order valence-corrected chi connectivity index (χ4v) is 1.62. The van der Waals surface area contributed by atoms with Crippen LogP contribution < -0.4 is 17.0 Å². The predicted octanol–water partition coefficient (Wildman–Crippen LogP) is -0.905. The first kappa shape index (κ1) is 11.2. The Balaban J connectivity index is 2.23. The maximum absolute atomic E-state index is 11.5. The molecule has 2 aromatic heterocycles. The summed E-state index contributed by atoms with van der Waals surface area (Å²) in [6, 6.07) is 1.19.